The summed E-state index contributed by atoms with van der Waals surface area (Å²) in [5, 5.41) is 0. The van der Waals surface area contributed by atoms with Crippen molar-refractivity contribution in [2.45, 2.75) is 32.6 Å². The van der Waals surface area contributed by atoms with Crippen LogP contribution in [0.5, 0.6) is 0 Å². The molecular formula is C13H27N3. The molecule has 1 aliphatic rings. The molecule has 0 heterocycles. The molecule has 0 amide bonds. The molecular weight excluding hydrogens is 198 g/mol. The van der Waals surface area contributed by atoms with E-state index in [-0.39, 0.29) is 0 Å². The lowest BCUT2D eigenvalue weighted by atomic mass is 9.94. The number of aliphatic imine (C=N–C) groups is 1. The van der Waals surface area contributed by atoms with Crippen molar-refractivity contribution in [3.05, 3.63) is 0 Å². The minimum atomic E-state index is 0.819. The molecule has 0 saturated heterocycles. The van der Waals surface area contributed by atoms with Crippen LogP contribution in [0.15, 0.2) is 4.99 Å². The summed E-state index contributed by atoms with van der Waals surface area (Å²) < 4.78 is 0. The summed E-state index contributed by atoms with van der Waals surface area (Å²) in [6.07, 6.45) is 5.50. The van der Waals surface area contributed by atoms with Gasteiger partial charge in [0, 0.05) is 34.7 Å². The summed E-state index contributed by atoms with van der Waals surface area (Å²) in [6.45, 7) is 3.32. The molecule has 3 heteroatoms. The summed E-state index contributed by atoms with van der Waals surface area (Å²) in [6, 6.07) is 0. The lowest BCUT2D eigenvalue weighted by Crippen LogP contribution is -2.36. The fraction of sp³-hybridized carbons (Fsp3) is 0.923. The lowest BCUT2D eigenvalue weighted by molar-refractivity contribution is 0.380. The molecule has 3 nitrogen and oxygen atoms in total. The topological polar surface area (TPSA) is 18.8 Å². The molecule has 0 aromatic heterocycles. The first kappa shape index (κ1) is 13.3. The average Bonchev–Trinajstić information content (AvgIpc) is 2.64. The van der Waals surface area contributed by atoms with E-state index in [1.165, 1.54) is 25.7 Å². The van der Waals surface area contributed by atoms with Crippen molar-refractivity contribution in [2.24, 2.45) is 16.8 Å². The third-order valence-electron chi connectivity index (χ3n) is 3.61. The van der Waals surface area contributed by atoms with Crippen LogP contribution in [0.2, 0.25) is 0 Å². The SMILES string of the molecule is CCC1CCCC1CN=C(N(C)C)N(C)C. The number of hydrogen-bond acceptors (Lipinski definition) is 1. The first-order valence-electron chi connectivity index (χ1n) is 6.45. The molecule has 16 heavy (non-hydrogen) atoms. The molecule has 0 radical (unpaired) electrons. The van der Waals surface area contributed by atoms with Gasteiger partial charge in [-0.25, -0.2) is 0 Å². The van der Waals surface area contributed by atoms with Crippen molar-refractivity contribution in [1.29, 1.82) is 0 Å². The predicted molar refractivity (Wildman–Crippen MR) is 70.8 cm³/mol. The Morgan fingerprint density at radius 1 is 1.06 bits per heavy atom. The zero-order chi connectivity index (χ0) is 12.1. The third kappa shape index (κ3) is 3.39. The van der Waals surface area contributed by atoms with E-state index >= 15 is 0 Å². The van der Waals surface area contributed by atoms with Gasteiger partial charge < -0.3 is 9.80 Å². The highest BCUT2D eigenvalue weighted by Crippen LogP contribution is 2.33. The first-order valence-corrected chi connectivity index (χ1v) is 6.45. The Morgan fingerprint density at radius 2 is 1.62 bits per heavy atom. The van der Waals surface area contributed by atoms with Crippen LogP contribution in [0.3, 0.4) is 0 Å². The van der Waals surface area contributed by atoms with Crippen LogP contribution in [0.4, 0.5) is 0 Å². The number of hydrogen-bond donors (Lipinski definition) is 0. The third-order valence-corrected chi connectivity index (χ3v) is 3.61. The van der Waals surface area contributed by atoms with Crippen LogP contribution in [0, 0.1) is 11.8 Å². The van der Waals surface area contributed by atoms with Gasteiger partial charge in [0.25, 0.3) is 0 Å². The minimum absolute atomic E-state index is 0.819. The van der Waals surface area contributed by atoms with Crippen LogP contribution in [-0.4, -0.2) is 50.5 Å². The Labute approximate surface area is 101 Å². The molecule has 0 aromatic carbocycles. The van der Waals surface area contributed by atoms with Crippen LogP contribution in [0.1, 0.15) is 32.6 Å². The molecule has 1 rings (SSSR count). The highest BCUT2D eigenvalue weighted by molar-refractivity contribution is 5.79. The van der Waals surface area contributed by atoms with Gasteiger partial charge in [-0.15, -0.1) is 0 Å². The van der Waals surface area contributed by atoms with E-state index in [4.69, 9.17) is 4.99 Å². The summed E-state index contributed by atoms with van der Waals surface area (Å²) >= 11 is 0. The van der Waals surface area contributed by atoms with Gasteiger partial charge >= 0.3 is 0 Å². The molecule has 0 aromatic rings. The van der Waals surface area contributed by atoms with Gasteiger partial charge in [-0.1, -0.05) is 26.2 Å². The van der Waals surface area contributed by atoms with E-state index in [2.05, 4.69) is 44.9 Å². The van der Waals surface area contributed by atoms with Crippen molar-refractivity contribution in [3.63, 3.8) is 0 Å². The Morgan fingerprint density at radius 3 is 2.12 bits per heavy atom. The van der Waals surface area contributed by atoms with Crippen LogP contribution >= 0.6 is 0 Å². The maximum absolute atomic E-state index is 4.77. The first-order chi connectivity index (χ1) is 7.56. The van der Waals surface area contributed by atoms with Gasteiger partial charge in [-0.3, -0.25) is 4.99 Å². The monoisotopic (exact) mass is 225 g/mol. The van der Waals surface area contributed by atoms with Crippen molar-refractivity contribution in [1.82, 2.24) is 9.80 Å². The molecule has 0 spiro atoms. The van der Waals surface area contributed by atoms with Crippen molar-refractivity contribution < 1.29 is 0 Å². The molecule has 0 N–H and O–H groups in total. The lowest BCUT2D eigenvalue weighted by Gasteiger charge is -2.24. The van der Waals surface area contributed by atoms with Crippen LogP contribution in [0.25, 0.3) is 0 Å². The molecule has 0 bridgehead atoms. The Kier molecular flexibility index (Phi) is 5.10. The Hall–Kier alpha value is -0.730. The van der Waals surface area contributed by atoms with Crippen LogP contribution in [-0.2, 0) is 0 Å². The molecule has 1 saturated carbocycles. The molecule has 1 aliphatic carbocycles. The standard InChI is InChI=1S/C13H27N3/c1-6-11-8-7-9-12(11)10-14-13(15(2)3)16(4)5/h11-12H,6-10H2,1-5H3. The normalized spacial score (nSPS) is 24.3. The Bertz CT molecular complexity index is 223. The van der Waals surface area contributed by atoms with Crippen LogP contribution < -0.4 is 0 Å². The number of guanidine groups is 1. The second-order valence-electron chi connectivity index (χ2n) is 5.29. The minimum Gasteiger partial charge on any atom is -0.349 e. The largest absolute Gasteiger partial charge is 0.349 e. The number of nitrogens with zero attached hydrogens (tertiary/aromatic N) is 3. The summed E-state index contributed by atoms with van der Waals surface area (Å²) in [5.74, 6) is 2.82. The van der Waals surface area contributed by atoms with E-state index in [0.29, 0.717) is 0 Å². The van der Waals surface area contributed by atoms with Crippen molar-refractivity contribution in [3.8, 4) is 0 Å². The zero-order valence-electron chi connectivity index (χ0n) is 11.5. The van der Waals surface area contributed by atoms with E-state index in [1.54, 1.807) is 0 Å². The number of rotatable bonds is 3. The zero-order valence-corrected chi connectivity index (χ0v) is 11.5. The summed E-state index contributed by atoms with van der Waals surface area (Å²) in [7, 11) is 8.24. The van der Waals surface area contributed by atoms with Gasteiger partial charge in [0.15, 0.2) is 5.96 Å². The molecule has 1 fully saturated rings. The second kappa shape index (κ2) is 6.12. The molecule has 0 aliphatic heterocycles. The quantitative estimate of drug-likeness (QED) is 0.542. The molecule has 2 atom stereocenters. The van der Waals surface area contributed by atoms with Gasteiger partial charge in [-0.05, 0) is 18.3 Å². The highest BCUT2D eigenvalue weighted by Gasteiger charge is 2.25. The maximum atomic E-state index is 4.77. The summed E-state index contributed by atoms with van der Waals surface area (Å²) in [4.78, 5) is 8.96. The fourth-order valence-electron chi connectivity index (χ4n) is 2.77. The average molecular weight is 225 g/mol. The van der Waals surface area contributed by atoms with Gasteiger partial charge in [0.05, 0.1) is 0 Å². The van der Waals surface area contributed by atoms with Gasteiger partial charge in [0.2, 0.25) is 0 Å². The van der Waals surface area contributed by atoms with E-state index in [9.17, 15) is 0 Å². The van der Waals surface area contributed by atoms with Crippen molar-refractivity contribution >= 4 is 5.96 Å². The maximum Gasteiger partial charge on any atom is 0.195 e. The van der Waals surface area contributed by atoms with Gasteiger partial charge in [0.1, 0.15) is 0 Å². The van der Waals surface area contributed by atoms with Gasteiger partial charge in [-0.2, -0.15) is 0 Å². The van der Waals surface area contributed by atoms with E-state index in [0.717, 1.165) is 24.3 Å². The predicted octanol–water partition coefficient (Wildman–Crippen LogP) is 2.29. The summed E-state index contributed by atoms with van der Waals surface area (Å²) in [5.41, 5.74) is 0. The van der Waals surface area contributed by atoms with E-state index in [1.807, 2.05) is 0 Å². The molecule has 2 unspecified atom stereocenters. The molecule has 94 valence electrons. The Balaban J connectivity index is 2.55. The van der Waals surface area contributed by atoms with E-state index < -0.39 is 0 Å². The van der Waals surface area contributed by atoms with Crippen molar-refractivity contribution in [2.75, 3.05) is 34.7 Å². The fourth-order valence-corrected chi connectivity index (χ4v) is 2.77. The second-order valence-corrected chi connectivity index (χ2v) is 5.29. The smallest absolute Gasteiger partial charge is 0.195 e. The highest BCUT2D eigenvalue weighted by atomic mass is 15.3.